The third-order valence-electron chi connectivity index (χ3n) is 4.39. The highest BCUT2D eigenvalue weighted by atomic mass is 19.1. The van der Waals surface area contributed by atoms with Crippen molar-refractivity contribution < 1.29 is 28.6 Å². The minimum atomic E-state index is -1.18. The highest BCUT2D eigenvalue weighted by Gasteiger charge is 2.22. The molecule has 3 aromatic rings. The van der Waals surface area contributed by atoms with Crippen LogP contribution >= 0.6 is 0 Å². The van der Waals surface area contributed by atoms with Crippen molar-refractivity contribution >= 4 is 28.6 Å². The van der Waals surface area contributed by atoms with Crippen molar-refractivity contribution in [2.75, 3.05) is 12.1 Å². The Morgan fingerprint density at radius 3 is 2.82 bits per heavy atom. The summed E-state index contributed by atoms with van der Waals surface area (Å²) in [6.07, 6.45) is 1.65. The van der Waals surface area contributed by atoms with E-state index in [9.17, 15) is 19.1 Å². The number of rotatable bonds is 5. The Bertz CT molecular complexity index is 1060. The lowest BCUT2D eigenvalue weighted by Gasteiger charge is -2.15. The van der Waals surface area contributed by atoms with Gasteiger partial charge in [-0.2, -0.15) is 0 Å². The molecule has 1 aliphatic heterocycles. The van der Waals surface area contributed by atoms with Crippen LogP contribution in [0.5, 0.6) is 11.5 Å². The van der Waals surface area contributed by atoms with E-state index in [1.165, 1.54) is 12.1 Å². The third-order valence-corrected chi connectivity index (χ3v) is 4.39. The summed E-state index contributed by atoms with van der Waals surface area (Å²) in [6.45, 7) is 0.112. The molecule has 4 rings (SSSR count). The van der Waals surface area contributed by atoms with Gasteiger partial charge in [0.1, 0.15) is 11.9 Å². The molecule has 0 unspecified atom stereocenters. The minimum Gasteiger partial charge on any atom is -0.480 e. The van der Waals surface area contributed by atoms with Gasteiger partial charge in [-0.25, -0.2) is 14.0 Å². The number of benzene rings is 2. The number of hydrogen-bond donors (Lipinski definition) is 4. The number of nitrogens with one attached hydrogen (secondary N) is 3. The van der Waals surface area contributed by atoms with Gasteiger partial charge in [-0.3, -0.25) is 0 Å². The first-order valence-electron chi connectivity index (χ1n) is 8.45. The Hall–Kier alpha value is -3.75. The van der Waals surface area contributed by atoms with E-state index in [0.717, 1.165) is 0 Å². The summed E-state index contributed by atoms with van der Waals surface area (Å²) < 4.78 is 23.7. The number of anilines is 1. The molecule has 2 amide bonds. The number of aliphatic carboxylic acids is 1. The molecule has 2 aromatic carbocycles. The monoisotopic (exact) mass is 385 g/mol. The van der Waals surface area contributed by atoms with Gasteiger partial charge >= 0.3 is 12.0 Å². The molecule has 9 heteroatoms. The first-order chi connectivity index (χ1) is 13.5. The smallest absolute Gasteiger partial charge is 0.326 e. The van der Waals surface area contributed by atoms with Gasteiger partial charge in [0.15, 0.2) is 11.5 Å². The fraction of sp³-hybridized carbons (Fsp3) is 0.158. The van der Waals surface area contributed by atoms with Crippen molar-refractivity contribution in [2.24, 2.45) is 0 Å². The number of amides is 2. The van der Waals surface area contributed by atoms with E-state index in [0.29, 0.717) is 33.7 Å². The van der Waals surface area contributed by atoms with E-state index in [4.69, 9.17) is 9.47 Å². The fourth-order valence-electron chi connectivity index (χ4n) is 3.05. The predicted octanol–water partition coefficient (Wildman–Crippen LogP) is 2.85. The Morgan fingerprint density at radius 2 is 2.00 bits per heavy atom. The standard InChI is InChI=1S/C19H16FN3O5/c20-11-1-3-13-10(8-21-14(13)6-11)5-15(18(24)25)23-19(26)22-12-2-4-16-17(7-12)28-9-27-16/h1-4,6-8,15,21H,5,9H2,(H,24,25)(H2,22,23,26)/t15-/m1/s1. The summed E-state index contributed by atoms with van der Waals surface area (Å²) in [6, 6.07) is 7.22. The lowest BCUT2D eigenvalue weighted by atomic mass is 10.1. The maximum Gasteiger partial charge on any atom is 0.326 e. The molecule has 2 heterocycles. The van der Waals surface area contributed by atoms with Crippen LogP contribution in [-0.4, -0.2) is 34.9 Å². The topological polar surface area (TPSA) is 113 Å². The van der Waals surface area contributed by atoms with Gasteiger partial charge in [0.05, 0.1) is 0 Å². The van der Waals surface area contributed by atoms with Crippen molar-refractivity contribution in [3.05, 3.63) is 54.0 Å². The third kappa shape index (κ3) is 3.54. The average Bonchev–Trinajstić information content (AvgIpc) is 3.27. The molecule has 4 N–H and O–H groups in total. The van der Waals surface area contributed by atoms with Crippen molar-refractivity contribution in [1.29, 1.82) is 0 Å². The summed E-state index contributed by atoms with van der Waals surface area (Å²) in [5, 5.41) is 15.2. The van der Waals surface area contributed by atoms with E-state index in [1.54, 1.807) is 30.5 Å². The van der Waals surface area contributed by atoms with Gasteiger partial charge in [0.2, 0.25) is 6.79 Å². The maximum atomic E-state index is 13.3. The van der Waals surface area contributed by atoms with E-state index < -0.39 is 23.9 Å². The molecule has 144 valence electrons. The van der Waals surface area contributed by atoms with Crippen LogP contribution in [0.25, 0.3) is 10.9 Å². The highest BCUT2D eigenvalue weighted by molar-refractivity contribution is 5.93. The van der Waals surface area contributed by atoms with E-state index in [1.807, 2.05) is 0 Å². The predicted molar refractivity (Wildman–Crippen MR) is 98.1 cm³/mol. The van der Waals surface area contributed by atoms with Gasteiger partial charge in [-0.05, 0) is 35.9 Å². The number of urea groups is 1. The normalized spacial score (nSPS) is 13.3. The Kier molecular flexibility index (Phi) is 4.48. The molecule has 0 aliphatic carbocycles. The molecule has 28 heavy (non-hydrogen) atoms. The van der Waals surface area contributed by atoms with Crippen LogP contribution < -0.4 is 20.1 Å². The van der Waals surface area contributed by atoms with E-state index in [2.05, 4.69) is 15.6 Å². The number of aromatic nitrogens is 1. The summed E-state index contributed by atoms with van der Waals surface area (Å²) in [4.78, 5) is 26.8. The van der Waals surface area contributed by atoms with E-state index in [-0.39, 0.29) is 13.2 Å². The molecule has 0 bridgehead atoms. The number of carbonyl (C=O) groups excluding carboxylic acids is 1. The minimum absolute atomic E-state index is 0.0372. The summed E-state index contributed by atoms with van der Waals surface area (Å²) in [7, 11) is 0. The lowest BCUT2D eigenvalue weighted by molar-refractivity contribution is -0.139. The van der Waals surface area contributed by atoms with E-state index >= 15 is 0 Å². The Labute approximate surface area is 158 Å². The molecular formula is C19H16FN3O5. The van der Waals surface area contributed by atoms with Gasteiger partial charge in [-0.1, -0.05) is 0 Å². The maximum absolute atomic E-state index is 13.3. The van der Waals surface area contributed by atoms with Crippen LogP contribution in [0.4, 0.5) is 14.9 Å². The number of ether oxygens (including phenoxy) is 2. The summed E-state index contributed by atoms with van der Waals surface area (Å²) in [5.74, 6) is -0.502. The van der Waals surface area contributed by atoms with Gasteiger partial charge in [0, 0.05) is 35.3 Å². The highest BCUT2D eigenvalue weighted by Crippen LogP contribution is 2.34. The summed E-state index contributed by atoms with van der Waals surface area (Å²) in [5.41, 5.74) is 1.66. The quantitative estimate of drug-likeness (QED) is 0.540. The molecule has 1 aliphatic rings. The molecular weight excluding hydrogens is 369 g/mol. The number of halogens is 1. The van der Waals surface area contributed by atoms with Crippen LogP contribution in [0.1, 0.15) is 5.56 Å². The Morgan fingerprint density at radius 1 is 1.18 bits per heavy atom. The molecule has 0 spiro atoms. The second kappa shape index (κ2) is 7.10. The Balaban J connectivity index is 1.45. The fourth-order valence-corrected chi connectivity index (χ4v) is 3.05. The average molecular weight is 385 g/mol. The molecule has 0 saturated carbocycles. The van der Waals surface area contributed by atoms with Crippen molar-refractivity contribution in [3.8, 4) is 11.5 Å². The van der Waals surface area contributed by atoms with Crippen LogP contribution in [0.2, 0.25) is 0 Å². The number of aromatic amines is 1. The van der Waals surface area contributed by atoms with Gasteiger partial charge in [-0.15, -0.1) is 0 Å². The first-order valence-corrected chi connectivity index (χ1v) is 8.45. The zero-order chi connectivity index (χ0) is 19.7. The number of H-pyrrole nitrogens is 1. The second-order valence-electron chi connectivity index (χ2n) is 6.27. The molecule has 0 radical (unpaired) electrons. The van der Waals surface area contributed by atoms with Crippen LogP contribution in [-0.2, 0) is 11.2 Å². The first kappa shape index (κ1) is 17.7. The number of carbonyl (C=O) groups is 2. The zero-order valence-corrected chi connectivity index (χ0v) is 14.5. The second-order valence-corrected chi connectivity index (χ2v) is 6.27. The van der Waals surface area contributed by atoms with Crippen molar-refractivity contribution in [2.45, 2.75) is 12.5 Å². The number of carboxylic acid groups (broad SMARTS) is 1. The summed E-state index contributed by atoms with van der Waals surface area (Å²) >= 11 is 0. The number of carboxylic acids is 1. The van der Waals surface area contributed by atoms with Crippen LogP contribution in [0.15, 0.2) is 42.6 Å². The zero-order valence-electron chi connectivity index (χ0n) is 14.5. The molecule has 0 saturated heterocycles. The molecule has 0 fully saturated rings. The molecule has 1 atom stereocenters. The molecule has 8 nitrogen and oxygen atoms in total. The lowest BCUT2D eigenvalue weighted by Crippen LogP contribution is -2.44. The number of fused-ring (bicyclic) bond motifs is 2. The van der Waals surface area contributed by atoms with Crippen LogP contribution in [0.3, 0.4) is 0 Å². The van der Waals surface area contributed by atoms with Crippen LogP contribution in [0, 0.1) is 5.82 Å². The number of hydrogen-bond acceptors (Lipinski definition) is 4. The van der Waals surface area contributed by atoms with Crippen molar-refractivity contribution in [3.63, 3.8) is 0 Å². The van der Waals surface area contributed by atoms with Gasteiger partial charge < -0.3 is 30.2 Å². The van der Waals surface area contributed by atoms with Crippen molar-refractivity contribution in [1.82, 2.24) is 10.3 Å². The largest absolute Gasteiger partial charge is 0.480 e. The van der Waals surface area contributed by atoms with Gasteiger partial charge in [0.25, 0.3) is 0 Å². The molecule has 1 aromatic heterocycles. The SMILES string of the molecule is O=C(Nc1ccc2c(c1)OCO2)N[C@H](Cc1c[nH]c2cc(F)ccc12)C(=O)O.